The number of anilines is 5. The van der Waals surface area contributed by atoms with E-state index in [1.54, 1.807) is 24.5 Å². The fourth-order valence-electron chi connectivity index (χ4n) is 3.72. The van der Waals surface area contributed by atoms with Crippen LogP contribution in [0, 0.1) is 13.8 Å². The number of amides is 1. The van der Waals surface area contributed by atoms with Crippen molar-refractivity contribution in [2.75, 3.05) is 46.6 Å². The molecule has 5 rings (SSSR count). The molecule has 184 valence electrons. The average Bonchev–Trinajstić information content (AvgIpc) is 3.35. The van der Waals surface area contributed by atoms with E-state index < -0.39 is 0 Å². The molecule has 0 saturated carbocycles. The molecule has 0 aliphatic carbocycles. The molecule has 1 aromatic carbocycles. The number of hydrogen-bond acceptors (Lipinski definition) is 11. The van der Waals surface area contributed by atoms with Crippen molar-refractivity contribution < 1.29 is 4.79 Å². The third-order valence-corrected chi connectivity index (χ3v) is 6.77. The molecule has 1 saturated heterocycles. The molecular formula is C23H23ClN10OS. The van der Waals surface area contributed by atoms with E-state index in [-0.39, 0.29) is 5.91 Å². The Morgan fingerprint density at radius 2 is 1.67 bits per heavy atom. The van der Waals surface area contributed by atoms with Gasteiger partial charge < -0.3 is 15.1 Å². The maximum Gasteiger partial charge on any atom is 0.267 e. The number of hydrogen-bond donors (Lipinski definition) is 2. The van der Waals surface area contributed by atoms with Crippen molar-refractivity contribution >= 4 is 57.5 Å². The van der Waals surface area contributed by atoms with Crippen LogP contribution in [0.3, 0.4) is 0 Å². The van der Waals surface area contributed by atoms with Crippen molar-refractivity contribution in [3.05, 3.63) is 64.1 Å². The summed E-state index contributed by atoms with van der Waals surface area (Å²) in [5.74, 6) is 1.97. The minimum Gasteiger partial charge on any atom is -0.337 e. The largest absolute Gasteiger partial charge is 0.337 e. The highest BCUT2D eigenvalue weighted by Gasteiger charge is 2.22. The van der Waals surface area contributed by atoms with Gasteiger partial charge in [-0.1, -0.05) is 35.1 Å². The molecule has 4 heterocycles. The lowest BCUT2D eigenvalue weighted by Crippen LogP contribution is -2.47. The molecule has 0 unspecified atom stereocenters. The Balaban J connectivity index is 1.25. The Morgan fingerprint density at radius 3 is 2.39 bits per heavy atom. The summed E-state index contributed by atoms with van der Waals surface area (Å²) in [6.07, 6.45) is 5.00. The zero-order valence-electron chi connectivity index (χ0n) is 19.6. The molecule has 1 aliphatic heterocycles. The summed E-state index contributed by atoms with van der Waals surface area (Å²) in [5, 5.41) is 6.94. The van der Waals surface area contributed by atoms with Crippen molar-refractivity contribution in [3.8, 4) is 0 Å². The second-order valence-electron chi connectivity index (χ2n) is 8.07. The Hall–Kier alpha value is -3.90. The zero-order chi connectivity index (χ0) is 25.1. The second kappa shape index (κ2) is 10.4. The summed E-state index contributed by atoms with van der Waals surface area (Å²) < 4.78 is 0. The Kier molecular flexibility index (Phi) is 6.87. The van der Waals surface area contributed by atoms with Gasteiger partial charge in [0.05, 0.1) is 16.9 Å². The Bertz CT molecular complexity index is 1350. The molecule has 0 atom stereocenters. The van der Waals surface area contributed by atoms with Crippen molar-refractivity contribution in [3.63, 3.8) is 0 Å². The lowest BCUT2D eigenvalue weighted by Gasteiger charge is -2.34. The quantitative estimate of drug-likeness (QED) is 0.387. The van der Waals surface area contributed by atoms with Gasteiger partial charge in [0, 0.05) is 38.6 Å². The average molecular weight is 523 g/mol. The van der Waals surface area contributed by atoms with E-state index in [1.165, 1.54) is 17.5 Å². The highest BCUT2D eigenvalue weighted by atomic mass is 35.5. The number of aromatic nitrogens is 6. The summed E-state index contributed by atoms with van der Waals surface area (Å²) >= 11 is 7.43. The van der Waals surface area contributed by atoms with Crippen molar-refractivity contribution in [2.24, 2.45) is 0 Å². The summed E-state index contributed by atoms with van der Waals surface area (Å²) in [5.41, 5.74) is 1.47. The van der Waals surface area contributed by atoms with Crippen LogP contribution in [-0.2, 0) is 0 Å². The monoisotopic (exact) mass is 522 g/mol. The summed E-state index contributed by atoms with van der Waals surface area (Å²) in [7, 11) is 0. The molecule has 11 nitrogen and oxygen atoms in total. The summed E-state index contributed by atoms with van der Waals surface area (Å²) in [6.45, 7) is 6.67. The van der Waals surface area contributed by atoms with Crippen LogP contribution >= 0.6 is 22.9 Å². The lowest BCUT2D eigenvalue weighted by atomic mass is 10.2. The molecule has 0 spiro atoms. The normalized spacial score (nSPS) is 13.5. The van der Waals surface area contributed by atoms with Crippen LogP contribution in [0.2, 0.25) is 5.02 Å². The minimum atomic E-state index is -0.287. The van der Waals surface area contributed by atoms with E-state index in [4.69, 9.17) is 11.6 Å². The number of carbonyl (C=O) groups is 1. The van der Waals surface area contributed by atoms with E-state index in [9.17, 15) is 4.79 Å². The van der Waals surface area contributed by atoms with Gasteiger partial charge in [-0.25, -0.2) is 15.0 Å². The highest BCUT2D eigenvalue weighted by molar-refractivity contribution is 7.17. The van der Waals surface area contributed by atoms with Crippen LogP contribution < -0.4 is 20.4 Å². The first-order chi connectivity index (χ1) is 17.5. The zero-order valence-corrected chi connectivity index (χ0v) is 21.2. The maximum atomic E-state index is 12.7. The van der Waals surface area contributed by atoms with Crippen molar-refractivity contribution in [1.82, 2.24) is 29.9 Å². The molecule has 3 aromatic heterocycles. The van der Waals surface area contributed by atoms with Gasteiger partial charge in [-0.2, -0.15) is 15.0 Å². The van der Waals surface area contributed by atoms with Crippen LogP contribution in [0.25, 0.3) is 0 Å². The molecule has 0 radical (unpaired) electrons. The molecule has 0 bridgehead atoms. The summed E-state index contributed by atoms with van der Waals surface area (Å²) in [4.78, 5) is 43.9. The van der Waals surface area contributed by atoms with Crippen LogP contribution in [0.4, 0.5) is 28.7 Å². The first kappa shape index (κ1) is 23.8. The van der Waals surface area contributed by atoms with Crippen LogP contribution in [-0.4, -0.2) is 62.0 Å². The number of rotatable bonds is 6. The number of halogens is 1. The van der Waals surface area contributed by atoms with Crippen molar-refractivity contribution in [2.45, 2.75) is 13.8 Å². The lowest BCUT2D eigenvalue weighted by molar-refractivity contribution is 0.103. The number of piperazine rings is 1. The minimum absolute atomic E-state index is 0.287. The second-order valence-corrected chi connectivity index (χ2v) is 9.51. The predicted octanol–water partition coefficient (Wildman–Crippen LogP) is 3.71. The van der Waals surface area contributed by atoms with Crippen LogP contribution in [0.15, 0.2) is 42.9 Å². The van der Waals surface area contributed by atoms with E-state index in [1.807, 2.05) is 26.0 Å². The number of aryl methyl sites for hydroxylation is 2. The number of para-hydroxylation sites is 1. The number of benzene rings is 1. The van der Waals surface area contributed by atoms with E-state index >= 15 is 0 Å². The van der Waals surface area contributed by atoms with E-state index in [0.717, 1.165) is 37.7 Å². The van der Waals surface area contributed by atoms with Crippen LogP contribution in [0.1, 0.15) is 21.1 Å². The SMILES string of the molecule is Cc1nc(Nc2ncc(C(=O)Nc3c(C)cccc3Cl)s2)nc(N2CCN(c3ncccn3)CC2)n1. The molecule has 1 amide bonds. The number of thiazole rings is 1. The van der Waals surface area contributed by atoms with Gasteiger partial charge >= 0.3 is 0 Å². The van der Waals surface area contributed by atoms with Gasteiger partial charge in [-0.15, -0.1) is 0 Å². The number of carbonyl (C=O) groups excluding carboxylic acids is 1. The molecule has 1 fully saturated rings. The standard InChI is InChI=1S/C23H23ClN10OS/c1-14-5-3-6-16(24)18(14)30-19(35)17-13-27-23(36-17)32-20-28-15(2)29-22(31-20)34-11-9-33(10-12-34)21-25-7-4-8-26-21/h3-8,13H,9-12H2,1-2H3,(H,30,35)(H,27,28,29,31,32). The molecule has 2 N–H and O–H groups in total. The molecule has 4 aromatic rings. The van der Waals surface area contributed by atoms with Gasteiger partial charge in [0.2, 0.25) is 17.8 Å². The fraction of sp³-hybridized carbons (Fsp3) is 0.261. The van der Waals surface area contributed by atoms with E-state index in [0.29, 0.717) is 38.4 Å². The van der Waals surface area contributed by atoms with Gasteiger partial charge in [0.1, 0.15) is 10.7 Å². The number of nitrogens with one attached hydrogen (secondary N) is 2. The number of nitrogens with zero attached hydrogens (tertiary/aromatic N) is 8. The van der Waals surface area contributed by atoms with Gasteiger partial charge in [0.15, 0.2) is 5.13 Å². The summed E-state index contributed by atoms with van der Waals surface area (Å²) in [6, 6.07) is 7.26. The third kappa shape index (κ3) is 5.34. The third-order valence-electron chi connectivity index (χ3n) is 5.54. The maximum absolute atomic E-state index is 12.7. The topological polar surface area (TPSA) is 125 Å². The smallest absolute Gasteiger partial charge is 0.267 e. The molecule has 36 heavy (non-hydrogen) atoms. The van der Waals surface area contributed by atoms with Crippen LogP contribution in [0.5, 0.6) is 0 Å². The Labute approximate surface area is 216 Å². The van der Waals surface area contributed by atoms with Gasteiger partial charge in [0.25, 0.3) is 5.91 Å². The first-order valence-corrected chi connectivity index (χ1v) is 12.4. The Morgan fingerprint density at radius 1 is 0.944 bits per heavy atom. The van der Waals surface area contributed by atoms with Crippen molar-refractivity contribution in [1.29, 1.82) is 0 Å². The van der Waals surface area contributed by atoms with Gasteiger partial charge in [-0.3, -0.25) is 10.1 Å². The predicted molar refractivity (Wildman–Crippen MR) is 141 cm³/mol. The first-order valence-electron chi connectivity index (χ1n) is 11.2. The highest BCUT2D eigenvalue weighted by Crippen LogP contribution is 2.28. The molecule has 13 heteroatoms. The van der Waals surface area contributed by atoms with E-state index in [2.05, 4.69) is 50.3 Å². The molecular weight excluding hydrogens is 500 g/mol. The molecule has 1 aliphatic rings. The fourth-order valence-corrected chi connectivity index (χ4v) is 4.70. The van der Waals surface area contributed by atoms with Gasteiger partial charge in [-0.05, 0) is 31.5 Å².